The first-order valence-corrected chi connectivity index (χ1v) is 13.8. The number of benzene rings is 1. The molecule has 1 saturated carbocycles. The van der Waals surface area contributed by atoms with E-state index in [4.69, 9.17) is 9.72 Å². The molecular weight excluding hydrogens is 501 g/mol. The van der Waals surface area contributed by atoms with E-state index in [9.17, 15) is 19.5 Å². The van der Waals surface area contributed by atoms with Gasteiger partial charge in [0.2, 0.25) is 5.91 Å². The van der Waals surface area contributed by atoms with Crippen molar-refractivity contribution in [3.8, 4) is 11.4 Å². The molecule has 7 rings (SSSR count). The fourth-order valence-electron chi connectivity index (χ4n) is 7.09. The van der Waals surface area contributed by atoms with Crippen LogP contribution in [0.1, 0.15) is 84.4 Å². The van der Waals surface area contributed by atoms with Crippen molar-refractivity contribution in [3.63, 3.8) is 0 Å². The van der Waals surface area contributed by atoms with Crippen molar-refractivity contribution < 1.29 is 23.8 Å². The molecule has 2 aliphatic heterocycles. The van der Waals surface area contributed by atoms with Crippen molar-refractivity contribution in [1.29, 1.82) is 0 Å². The van der Waals surface area contributed by atoms with Crippen LogP contribution in [0.25, 0.3) is 22.3 Å². The molecule has 4 heterocycles. The normalized spacial score (nSPS) is 22.0. The summed E-state index contributed by atoms with van der Waals surface area (Å²) in [5, 5.41) is 14.1. The van der Waals surface area contributed by atoms with Gasteiger partial charge in [-0.1, -0.05) is 13.3 Å². The van der Waals surface area contributed by atoms with E-state index in [1.165, 1.54) is 6.07 Å². The summed E-state index contributed by atoms with van der Waals surface area (Å²) < 4.78 is 22.0. The first kappa shape index (κ1) is 24.5. The van der Waals surface area contributed by atoms with Crippen molar-refractivity contribution in [2.24, 2.45) is 5.41 Å². The van der Waals surface area contributed by atoms with Crippen LogP contribution >= 0.6 is 0 Å². The number of carbonyl (C=O) groups excluding carboxylic acids is 2. The molecule has 9 heteroatoms. The van der Waals surface area contributed by atoms with Gasteiger partial charge in [-0.3, -0.25) is 14.4 Å². The Labute approximate surface area is 224 Å². The Balaban J connectivity index is 1.45. The monoisotopic (exact) mass is 531 g/mol. The minimum atomic E-state index is -0.755. The first-order chi connectivity index (χ1) is 18.8. The van der Waals surface area contributed by atoms with Gasteiger partial charge in [-0.25, -0.2) is 9.37 Å². The highest BCUT2D eigenvalue weighted by atomic mass is 19.1. The maximum absolute atomic E-state index is 15.0. The SMILES string of the molecule is CCC1C(=O)OCc2c1cc1n(c2=O)Cc2c-1nc1cc(F)c(C)c3c1c2C(NC(=O)C1(CO)CCC1)CC3. The molecule has 0 spiro atoms. The average molecular weight is 532 g/mol. The number of nitrogens with one attached hydrogen (secondary N) is 1. The fourth-order valence-corrected chi connectivity index (χ4v) is 7.09. The molecule has 202 valence electrons. The molecule has 2 unspecified atom stereocenters. The van der Waals surface area contributed by atoms with E-state index in [1.54, 1.807) is 11.5 Å². The molecule has 8 nitrogen and oxygen atoms in total. The van der Waals surface area contributed by atoms with E-state index in [0.717, 1.165) is 28.5 Å². The van der Waals surface area contributed by atoms with Gasteiger partial charge in [0.1, 0.15) is 12.4 Å². The third-order valence-corrected chi connectivity index (χ3v) is 9.60. The van der Waals surface area contributed by atoms with Gasteiger partial charge >= 0.3 is 5.97 Å². The molecule has 2 N–H and O–H groups in total. The number of aryl methyl sites for hydroxylation is 1. The Morgan fingerprint density at radius 3 is 2.74 bits per heavy atom. The van der Waals surface area contributed by atoms with Gasteiger partial charge in [0, 0.05) is 17.0 Å². The lowest BCUT2D eigenvalue weighted by Gasteiger charge is -2.40. The first-order valence-electron chi connectivity index (χ1n) is 13.8. The predicted octanol–water partition coefficient (Wildman–Crippen LogP) is 3.69. The number of ether oxygens (including phenoxy) is 1. The molecule has 0 saturated heterocycles. The van der Waals surface area contributed by atoms with Crippen LogP contribution in [0.5, 0.6) is 0 Å². The summed E-state index contributed by atoms with van der Waals surface area (Å²) in [6, 6.07) is 2.96. The van der Waals surface area contributed by atoms with Gasteiger partial charge in [-0.05, 0) is 67.3 Å². The summed E-state index contributed by atoms with van der Waals surface area (Å²) in [6.45, 7) is 3.68. The predicted molar refractivity (Wildman–Crippen MR) is 141 cm³/mol. The maximum Gasteiger partial charge on any atom is 0.313 e. The van der Waals surface area contributed by atoms with Crippen LogP contribution in [0, 0.1) is 18.2 Å². The van der Waals surface area contributed by atoms with Crippen LogP contribution in [0.2, 0.25) is 0 Å². The van der Waals surface area contributed by atoms with Crippen LogP contribution in [0.4, 0.5) is 4.39 Å². The third-order valence-electron chi connectivity index (χ3n) is 9.60. The summed E-state index contributed by atoms with van der Waals surface area (Å²) in [4.78, 5) is 44.5. The van der Waals surface area contributed by atoms with E-state index >= 15 is 4.39 Å². The second kappa shape index (κ2) is 8.45. The summed E-state index contributed by atoms with van der Waals surface area (Å²) in [5.41, 5.74) is 5.04. The second-order valence-corrected chi connectivity index (χ2v) is 11.5. The number of nitrogens with zero attached hydrogens (tertiary/aromatic N) is 2. The van der Waals surface area contributed by atoms with E-state index in [0.29, 0.717) is 65.7 Å². The standard InChI is InChI=1S/C30H30FN3O5/c1-3-15-17-9-23-26-18(11-34(23)27(36)19(17)12-39-28(15)37)25-21(33-29(38)30(13-35)7-4-8-30)6-5-16-14(2)20(31)10-22(32-26)24(16)25/h9-10,15,21,35H,3-8,11-13H2,1-2H3,(H,33,38). The van der Waals surface area contributed by atoms with Gasteiger partial charge in [0.15, 0.2) is 0 Å². The van der Waals surface area contributed by atoms with Crippen LogP contribution in [0.3, 0.4) is 0 Å². The van der Waals surface area contributed by atoms with Crippen molar-refractivity contribution in [2.45, 2.75) is 77.5 Å². The molecule has 2 aliphatic carbocycles. The number of fused-ring (bicyclic) bond motifs is 5. The number of esters is 1. The maximum atomic E-state index is 15.0. The molecule has 1 amide bonds. The van der Waals surface area contributed by atoms with Gasteiger partial charge in [0.05, 0.1) is 53.0 Å². The van der Waals surface area contributed by atoms with Crippen molar-refractivity contribution >= 4 is 22.8 Å². The van der Waals surface area contributed by atoms with Gasteiger partial charge in [-0.15, -0.1) is 0 Å². The molecule has 0 radical (unpaired) electrons. The highest BCUT2D eigenvalue weighted by Gasteiger charge is 2.45. The van der Waals surface area contributed by atoms with E-state index < -0.39 is 11.3 Å². The second-order valence-electron chi connectivity index (χ2n) is 11.5. The highest BCUT2D eigenvalue weighted by molar-refractivity contribution is 5.94. The Hall–Kier alpha value is -3.59. The number of aliphatic hydroxyl groups excluding tert-OH is 1. The summed E-state index contributed by atoms with van der Waals surface area (Å²) in [6.07, 6.45) is 3.88. The molecule has 1 fully saturated rings. The molecular formula is C30H30FN3O5. The summed E-state index contributed by atoms with van der Waals surface area (Å²) in [7, 11) is 0. The number of amides is 1. The minimum Gasteiger partial charge on any atom is -0.460 e. The lowest BCUT2D eigenvalue weighted by Crippen LogP contribution is -2.49. The van der Waals surface area contributed by atoms with Gasteiger partial charge in [0.25, 0.3) is 5.56 Å². The number of carbonyl (C=O) groups is 2. The fraction of sp³-hybridized carbons (Fsp3) is 0.467. The van der Waals surface area contributed by atoms with E-state index in [1.807, 2.05) is 13.0 Å². The topological polar surface area (TPSA) is 111 Å². The zero-order chi connectivity index (χ0) is 27.2. The Kier molecular flexibility index (Phi) is 5.30. The largest absolute Gasteiger partial charge is 0.460 e. The van der Waals surface area contributed by atoms with Gasteiger partial charge < -0.3 is 19.7 Å². The quantitative estimate of drug-likeness (QED) is 0.389. The Bertz CT molecular complexity index is 1670. The van der Waals surface area contributed by atoms with Crippen LogP contribution in [0.15, 0.2) is 16.9 Å². The highest BCUT2D eigenvalue weighted by Crippen LogP contribution is 2.47. The zero-order valence-electron chi connectivity index (χ0n) is 22.0. The molecule has 1 aromatic carbocycles. The van der Waals surface area contributed by atoms with Crippen molar-refractivity contribution in [1.82, 2.24) is 14.9 Å². The molecule has 0 bridgehead atoms. The number of cyclic esters (lactones) is 1. The Morgan fingerprint density at radius 1 is 1.26 bits per heavy atom. The number of pyridine rings is 2. The van der Waals surface area contributed by atoms with Crippen LogP contribution in [-0.4, -0.2) is 33.1 Å². The number of aromatic nitrogens is 2. The Morgan fingerprint density at radius 2 is 2.05 bits per heavy atom. The van der Waals surface area contributed by atoms with Gasteiger partial charge in [-0.2, -0.15) is 0 Å². The molecule has 39 heavy (non-hydrogen) atoms. The summed E-state index contributed by atoms with van der Waals surface area (Å²) >= 11 is 0. The van der Waals surface area contributed by atoms with Crippen LogP contribution < -0.4 is 10.9 Å². The smallest absolute Gasteiger partial charge is 0.313 e. The zero-order valence-corrected chi connectivity index (χ0v) is 22.0. The average Bonchev–Trinajstić information content (AvgIpc) is 3.26. The van der Waals surface area contributed by atoms with Crippen molar-refractivity contribution in [2.75, 3.05) is 6.61 Å². The van der Waals surface area contributed by atoms with Crippen LogP contribution in [-0.2, 0) is 33.9 Å². The molecule has 2 atom stereocenters. The number of halogens is 1. The lowest BCUT2D eigenvalue weighted by atomic mass is 9.68. The molecule has 4 aliphatic rings. The number of hydrogen-bond acceptors (Lipinski definition) is 6. The molecule has 2 aromatic heterocycles. The van der Waals surface area contributed by atoms with E-state index in [2.05, 4.69) is 5.32 Å². The number of aliphatic hydroxyl groups is 1. The minimum absolute atomic E-state index is 0.0567. The number of rotatable bonds is 4. The summed E-state index contributed by atoms with van der Waals surface area (Å²) in [5.74, 6) is -1.35. The lowest BCUT2D eigenvalue weighted by molar-refractivity contribution is -0.148. The molecule has 3 aromatic rings. The number of hydrogen-bond donors (Lipinski definition) is 2. The third kappa shape index (κ3) is 3.25. The van der Waals surface area contributed by atoms with E-state index in [-0.39, 0.29) is 49.1 Å². The van der Waals surface area contributed by atoms with Crippen molar-refractivity contribution in [3.05, 3.63) is 61.7 Å².